The van der Waals surface area contributed by atoms with Crippen LogP contribution in [-0.2, 0) is 26.8 Å². The topological polar surface area (TPSA) is 27.7 Å². The summed E-state index contributed by atoms with van der Waals surface area (Å²) < 4.78 is 55.0. The zero-order valence-electron chi connectivity index (χ0n) is 15.5. The van der Waals surface area contributed by atoms with Crippen molar-refractivity contribution in [3.05, 3.63) is 35.4 Å². The normalized spacial score (nSPS) is 13.9. The lowest BCUT2D eigenvalue weighted by Gasteiger charge is -2.37. The molecule has 0 aromatic heterocycles. The molecule has 0 bridgehead atoms. The standard InChI is InChI=1S/C19H29F3O3/c1-5-23-19(24-6-2,25-7-3)15(4)9-8-10-16-11-13-17(14-12-16)18(20,21)22/h11-15H,5-10H2,1-4H3. The molecule has 0 aliphatic rings. The zero-order valence-corrected chi connectivity index (χ0v) is 15.5. The molecular formula is C19H29F3O3. The van der Waals surface area contributed by atoms with Gasteiger partial charge in [-0.1, -0.05) is 19.1 Å². The van der Waals surface area contributed by atoms with E-state index in [2.05, 4.69) is 0 Å². The Morgan fingerprint density at radius 2 is 1.36 bits per heavy atom. The van der Waals surface area contributed by atoms with Crippen LogP contribution < -0.4 is 0 Å². The van der Waals surface area contributed by atoms with E-state index in [4.69, 9.17) is 14.2 Å². The fourth-order valence-corrected chi connectivity index (χ4v) is 2.80. The van der Waals surface area contributed by atoms with E-state index >= 15 is 0 Å². The van der Waals surface area contributed by atoms with Crippen molar-refractivity contribution in [2.75, 3.05) is 19.8 Å². The summed E-state index contributed by atoms with van der Waals surface area (Å²) >= 11 is 0. The Kier molecular flexibility index (Phi) is 8.89. The van der Waals surface area contributed by atoms with Gasteiger partial charge in [0.15, 0.2) is 0 Å². The highest BCUT2D eigenvalue weighted by molar-refractivity contribution is 5.24. The molecule has 1 rings (SSSR count). The van der Waals surface area contributed by atoms with Crippen LogP contribution in [0, 0.1) is 5.92 Å². The first kappa shape index (κ1) is 21.9. The predicted octanol–water partition coefficient (Wildman–Crippen LogP) is 5.43. The van der Waals surface area contributed by atoms with Gasteiger partial charge in [0.1, 0.15) is 0 Å². The molecule has 0 fully saturated rings. The van der Waals surface area contributed by atoms with E-state index in [1.165, 1.54) is 12.1 Å². The van der Waals surface area contributed by atoms with Crippen LogP contribution in [-0.4, -0.2) is 25.8 Å². The molecule has 1 aromatic carbocycles. The summed E-state index contributed by atoms with van der Waals surface area (Å²) in [5, 5.41) is 0. The molecule has 25 heavy (non-hydrogen) atoms. The maximum atomic E-state index is 12.6. The van der Waals surface area contributed by atoms with Gasteiger partial charge in [0.05, 0.1) is 5.56 Å². The highest BCUT2D eigenvalue weighted by Crippen LogP contribution is 2.31. The number of aryl methyl sites for hydroxylation is 1. The number of ether oxygens (including phenoxy) is 3. The Labute approximate surface area is 148 Å². The molecule has 0 heterocycles. The SMILES string of the molecule is CCOC(OCC)(OCC)C(C)CCCc1ccc(C(F)(F)F)cc1. The Hall–Kier alpha value is -1.11. The van der Waals surface area contributed by atoms with Crippen molar-refractivity contribution in [3.63, 3.8) is 0 Å². The Bertz CT molecular complexity index is 469. The van der Waals surface area contributed by atoms with Crippen LogP contribution in [0.1, 0.15) is 51.7 Å². The summed E-state index contributed by atoms with van der Waals surface area (Å²) in [6.45, 7) is 9.11. The minimum Gasteiger partial charge on any atom is -0.328 e. The smallest absolute Gasteiger partial charge is 0.328 e. The molecule has 0 aliphatic heterocycles. The van der Waals surface area contributed by atoms with Gasteiger partial charge in [-0.25, -0.2) is 0 Å². The molecule has 1 unspecified atom stereocenters. The number of rotatable bonds is 11. The Balaban J connectivity index is 2.62. The molecule has 0 saturated heterocycles. The molecule has 0 spiro atoms. The maximum Gasteiger partial charge on any atom is 0.416 e. The van der Waals surface area contributed by atoms with Gasteiger partial charge in [0, 0.05) is 25.7 Å². The Morgan fingerprint density at radius 1 is 0.880 bits per heavy atom. The molecule has 6 heteroatoms. The van der Waals surface area contributed by atoms with Crippen molar-refractivity contribution in [1.82, 2.24) is 0 Å². The largest absolute Gasteiger partial charge is 0.416 e. The minimum atomic E-state index is -4.29. The van der Waals surface area contributed by atoms with Crippen molar-refractivity contribution < 1.29 is 27.4 Å². The molecular weight excluding hydrogens is 333 g/mol. The maximum absolute atomic E-state index is 12.6. The van der Waals surface area contributed by atoms with Crippen LogP contribution in [0.15, 0.2) is 24.3 Å². The van der Waals surface area contributed by atoms with Gasteiger partial charge in [0.25, 0.3) is 5.97 Å². The molecule has 0 radical (unpaired) electrons. The lowest BCUT2D eigenvalue weighted by molar-refractivity contribution is -0.400. The average molecular weight is 362 g/mol. The second-order valence-electron chi connectivity index (χ2n) is 5.89. The highest BCUT2D eigenvalue weighted by atomic mass is 19.4. The van der Waals surface area contributed by atoms with Gasteiger partial charge in [-0.05, 0) is 57.7 Å². The van der Waals surface area contributed by atoms with Gasteiger partial charge >= 0.3 is 6.18 Å². The monoisotopic (exact) mass is 362 g/mol. The van der Waals surface area contributed by atoms with E-state index in [0.717, 1.165) is 30.5 Å². The van der Waals surface area contributed by atoms with Crippen molar-refractivity contribution in [2.45, 2.75) is 59.1 Å². The van der Waals surface area contributed by atoms with E-state index in [1.807, 2.05) is 27.7 Å². The van der Waals surface area contributed by atoms with Gasteiger partial charge in [-0.2, -0.15) is 13.2 Å². The second-order valence-corrected chi connectivity index (χ2v) is 5.89. The first-order valence-corrected chi connectivity index (χ1v) is 8.87. The number of hydrogen-bond acceptors (Lipinski definition) is 3. The molecule has 144 valence electrons. The first-order chi connectivity index (χ1) is 11.8. The number of hydrogen-bond donors (Lipinski definition) is 0. The van der Waals surface area contributed by atoms with E-state index in [9.17, 15) is 13.2 Å². The van der Waals surface area contributed by atoms with Crippen LogP contribution >= 0.6 is 0 Å². The number of halogens is 3. The van der Waals surface area contributed by atoms with Crippen LogP contribution in [0.2, 0.25) is 0 Å². The van der Waals surface area contributed by atoms with Crippen LogP contribution in [0.25, 0.3) is 0 Å². The molecule has 0 N–H and O–H groups in total. The van der Waals surface area contributed by atoms with E-state index in [1.54, 1.807) is 0 Å². The molecule has 0 saturated carbocycles. The third kappa shape index (κ3) is 6.60. The molecule has 1 aromatic rings. The average Bonchev–Trinajstić information content (AvgIpc) is 2.55. The minimum absolute atomic E-state index is 0.00167. The second kappa shape index (κ2) is 10.1. The van der Waals surface area contributed by atoms with Crippen molar-refractivity contribution in [1.29, 1.82) is 0 Å². The third-order valence-electron chi connectivity index (χ3n) is 4.02. The number of benzene rings is 1. The molecule has 0 aliphatic carbocycles. The van der Waals surface area contributed by atoms with Crippen LogP contribution in [0.4, 0.5) is 13.2 Å². The van der Waals surface area contributed by atoms with E-state index < -0.39 is 17.7 Å². The highest BCUT2D eigenvalue weighted by Gasteiger charge is 2.38. The first-order valence-electron chi connectivity index (χ1n) is 8.87. The van der Waals surface area contributed by atoms with Gasteiger partial charge in [-0.3, -0.25) is 0 Å². The van der Waals surface area contributed by atoms with Crippen molar-refractivity contribution in [2.24, 2.45) is 5.92 Å². The fourth-order valence-electron chi connectivity index (χ4n) is 2.80. The van der Waals surface area contributed by atoms with E-state index in [0.29, 0.717) is 26.2 Å². The quantitative estimate of drug-likeness (QED) is 0.492. The van der Waals surface area contributed by atoms with Gasteiger partial charge in [-0.15, -0.1) is 0 Å². The molecule has 1 atom stereocenters. The van der Waals surface area contributed by atoms with E-state index in [-0.39, 0.29) is 5.92 Å². The molecule has 3 nitrogen and oxygen atoms in total. The fraction of sp³-hybridized carbons (Fsp3) is 0.684. The summed E-state index contributed by atoms with van der Waals surface area (Å²) in [5.41, 5.74) is 0.266. The summed E-state index contributed by atoms with van der Waals surface area (Å²) in [4.78, 5) is 0. The summed E-state index contributed by atoms with van der Waals surface area (Å²) in [6.07, 6.45) is -2.01. The summed E-state index contributed by atoms with van der Waals surface area (Å²) in [7, 11) is 0. The predicted molar refractivity (Wildman–Crippen MR) is 91.2 cm³/mol. The zero-order chi connectivity index (χ0) is 18.9. The summed E-state index contributed by atoms with van der Waals surface area (Å²) in [5.74, 6) is -1.06. The van der Waals surface area contributed by atoms with Crippen molar-refractivity contribution in [3.8, 4) is 0 Å². The molecule has 0 amide bonds. The summed E-state index contributed by atoms with van der Waals surface area (Å²) in [6, 6.07) is 5.33. The lowest BCUT2D eigenvalue weighted by atomic mass is 9.98. The van der Waals surface area contributed by atoms with Gasteiger partial charge < -0.3 is 14.2 Å². The van der Waals surface area contributed by atoms with Crippen LogP contribution in [0.5, 0.6) is 0 Å². The lowest BCUT2D eigenvalue weighted by Crippen LogP contribution is -2.45. The van der Waals surface area contributed by atoms with Crippen LogP contribution in [0.3, 0.4) is 0 Å². The Morgan fingerprint density at radius 3 is 1.76 bits per heavy atom. The van der Waals surface area contributed by atoms with Gasteiger partial charge in [0.2, 0.25) is 0 Å². The third-order valence-corrected chi connectivity index (χ3v) is 4.02. The number of alkyl halides is 3. The van der Waals surface area contributed by atoms with Crippen molar-refractivity contribution >= 4 is 0 Å².